The first-order valence-corrected chi connectivity index (χ1v) is 7.58. The number of carbonyl (C=O) groups is 1. The topological polar surface area (TPSA) is 71.0 Å². The second-order valence-electron chi connectivity index (χ2n) is 5.31. The van der Waals surface area contributed by atoms with Gasteiger partial charge < -0.3 is 10.2 Å². The third-order valence-corrected chi connectivity index (χ3v) is 3.72. The molecule has 1 aliphatic rings. The molecule has 0 aromatic carbocycles. The molecule has 6 nitrogen and oxygen atoms in total. The maximum Gasteiger partial charge on any atom is 0.270 e. The Labute approximate surface area is 129 Å². The smallest absolute Gasteiger partial charge is 0.270 e. The number of nitrogens with one attached hydrogen (secondary N) is 1. The quantitative estimate of drug-likeness (QED) is 0.931. The predicted octanol–water partition coefficient (Wildman–Crippen LogP) is 1.79. The minimum Gasteiger partial charge on any atom is -0.357 e. The molecule has 22 heavy (non-hydrogen) atoms. The van der Waals surface area contributed by atoms with E-state index in [1.807, 2.05) is 18.2 Å². The first kappa shape index (κ1) is 14.4. The molecule has 1 N–H and O–H groups in total. The van der Waals surface area contributed by atoms with Gasteiger partial charge in [-0.2, -0.15) is 0 Å². The van der Waals surface area contributed by atoms with Crippen LogP contribution < -0.4 is 10.2 Å². The van der Waals surface area contributed by atoms with Crippen molar-refractivity contribution in [3.8, 4) is 0 Å². The molecule has 0 unspecified atom stereocenters. The molecule has 3 heterocycles. The highest BCUT2D eigenvalue weighted by molar-refractivity contribution is 5.92. The Kier molecular flexibility index (Phi) is 4.58. The van der Waals surface area contributed by atoms with E-state index in [0.29, 0.717) is 12.2 Å². The predicted molar refractivity (Wildman–Crippen MR) is 83.5 cm³/mol. The Morgan fingerprint density at radius 1 is 1.14 bits per heavy atom. The van der Waals surface area contributed by atoms with Gasteiger partial charge in [0.2, 0.25) is 0 Å². The van der Waals surface area contributed by atoms with Crippen LogP contribution in [0.1, 0.15) is 35.4 Å². The van der Waals surface area contributed by atoms with Gasteiger partial charge in [0.15, 0.2) is 0 Å². The molecule has 114 valence electrons. The molecule has 0 spiro atoms. The Bertz CT molecular complexity index is 625. The zero-order valence-corrected chi connectivity index (χ0v) is 12.4. The lowest BCUT2D eigenvalue weighted by molar-refractivity contribution is 0.0945. The SMILES string of the molecule is O=C(NCc1ccccn1)c1cc(N2CCCCC2)ncn1. The summed E-state index contributed by atoms with van der Waals surface area (Å²) in [5.74, 6) is 0.629. The summed E-state index contributed by atoms with van der Waals surface area (Å²) >= 11 is 0. The van der Waals surface area contributed by atoms with Gasteiger partial charge in [0.25, 0.3) is 5.91 Å². The van der Waals surface area contributed by atoms with Crippen LogP contribution in [0.15, 0.2) is 36.8 Å². The van der Waals surface area contributed by atoms with Crippen molar-refractivity contribution in [1.82, 2.24) is 20.3 Å². The van der Waals surface area contributed by atoms with Crippen LogP contribution in [0.2, 0.25) is 0 Å². The summed E-state index contributed by atoms with van der Waals surface area (Å²) in [6, 6.07) is 7.38. The lowest BCUT2D eigenvalue weighted by Crippen LogP contribution is -2.31. The van der Waals surface area contributed by atoms with Crippen LogP contribution in [0.4, 0.5) is 5.82 Å². The molecule has 0 saturated carbocycles. The van der Waals surface area contributed by atoms with Crippen LogP contribution in [-0.4, -0.2) is 33.9 Å². The van der Waals surface area contributed by atoms with Crippen LogP contribution in [0, 0.1) is 0 Å². The molecule has 0 aliphatic carbocycles. The molecule has 0 radical (unpaired) electrons. The van der Waals surface area contributed by atoms with E-state index in [9.17, 15) is 4.79 Å². The number of piperidine rings is 1. The number of aromatic nitrogens is 3. The molecule has 0 atom stereocenters. The molecule has 1 fully saturated rings. The highest BCUT2D eigenvalue weighted by atomic mass is 16.1. The minimum atomic E-state index is -0.202. The van der Waals surface area contributed by atoms with Gasteiger partial charge in [0, 0.05) is 25.4 Å². The molecule has 1 amide bonds. The number of rotatable bonds is 4. The Morgan fingerprint density at radius 3 is 2.77 bits per heavy atom. The fraction of sp³-hybridized carbons (Fsp3) is 0.375. The molecule has 0 bridgehead atoms. The van der Waals surface area contributed by atoms with Gasteiger partial charge in [-0.3, -0.25) is 9.78 Å². The van der Waals surface area contributed by atoms with Crippen LogP contribution in [-0.2, 0) is 6.54 Å². The van der Waals surface area contributed by atoms with Gasteiger partial charge in [-0.25, -0.2) is 9.97 Å². The van der Waals surface area contributed by atoms with Crippen molar-refractivity contribution in [1.29, 1.82) is 0 Å². The number of anilines is 1. The number of nitrogens with zero attached hydrogens (tertiary/aromatic N) is 4. The van der Waals surface area contributed by atoms with Crippen molar-refractivity contribution in [2.24, 2.45) is 0 Å². The standard InChI is InChI=1S/C16H19N5O/c22-16(18-11-13-6-2-3-7-17-13)14-10-15(20-12-19-14)21-8-4-1-5-9-21/h2-3,6-7,10,12H,1,4-5,8-9,11H2,(H,18,22). The van der Waals surface area contributed by atoms with E-state index < -0.39 is 0 Å². The highest BCUT2D eigenvalue weighted by Gasteiger charge is 2.15. The summed E-state index contributed by atoms with van der Waals surface area (Å²) in [7, 11) is 0. The Morgan fingerprint density at radius 2 is 2.00 bits per heavy atom. The van der Waals surface area contributed by atoms with Gasteiger partial charge in [0.1, 0.15) is 17.8 Å². The first-order valence-electron chi connectivity index (χ1n) is 7.58. The second kappa shape index (κ2) is 6.98. The van der Waals surface area contributed by atoms with Crippen molar-refractivity contribution in [3.05, 3.63) is 48.2 Å². The lowest BCUT2D eigenvalue weighted by Gasteiger charge is -2.27. The maximum atomic E-state index is 12.2. The Balaban J connectivity index is 1.64. The van der Waals surface area contributed by atoms with Gasteiger partial charge in [-0.05, 0) is 31.4 Å². The van der Waals surface area contributed by atoms with E-state index in [-0.39, 0.29) is 5.91 Å². The number of hydrogen-bond acceptors (Lipinski definition) is 5. The van der Waals surface area contributed by atoms with Gasteiger partial charge in [0.05, 0.1) is 12.2 Å². The van der Waals surface area contributed by atoms with E-state index in [2.05, 4.69) is 25.2 Å². The van der Waals surface area contributed by atoms with E-state index in [1.54, 1.807) is 12.3 Å². The summed E-state index contributed by atoms with van der Waals surface area (Å²) in [6.07, 6.45) is 6.77. The zero-order valence-electron chi connectivity index (χ0n) is 12.4. The fourth-order valence-electron chi connectivity index (χ4n) is 2.53. The normalized spacial score (nSPS) is 14.6. The molecular formula is C16H19N5O. The van der Waals surface area contributed by atoms with Crippen LogP contribution in [0.25, 0.3) is 0 Å². The van der Waals surface area contributed by atoms with Crippen LogP contribution in [0.5, 0.6) is 0 Å². The summed E-state index contributed by atoms with van der Waals surface area (Å²) < 4.78 is 0. The summed E-state index contributed by atoms with van der Waals surface area (Å²) in [6.45, 7) is 2.38. The van der Waals surface area contributed by atoms with Crippen molar-refractivity contribution in [2.45, 2.75) is 25.8 Å². The largest absolute Gasteiger partial charge is 0.357 e. The van der Waals surface area contributed by atoms with Gasteiger partial charge in [-0.1, -0.05) is 6.07 Å². The van der Waals surface area contributed by atoms with Crippen molar-refractivity contribution < 1.29 is 4.79 Å². The monoisotopic (exact) mass is 297 g/mol. The molecular weight excluding hydrogens is 278 g/mol. The second-order valence-corrected chi connectivity index (χ2v) is 5.31. The lowest BCUT2D eigenvalue weighted by atomic mass is 10.1. The summed E-state index contributed by atoms with van der Waals surface area (Å²) in [4.78, 5) is 27.0. The third-order valence-electron chi connectivity index (χ3n) is 3.72. The van der Waals surface area contributed by atoms with E-state index >= 15 is 0 Å². The molecule has 2 aromatic rings. The number of hydrogen-bond donors (Lipinski definition) is 1. The van der Waals surface area contributed by atoms with Crippen molar-refractivity contribution in [3.63, 3.8) is 0 Å². The number of carbonyl (C=O) groups excluding carboxylic acids is 1. The molecule has 3 rings (SSSR count). The maximum absolute atomic E-state index is 12.2. The van der Waals surface area contributed by atoms with E-state index in [4.69, 9.17) is 0 Å². The molecule has 1 saturated heterocycles. The first-order chi connectivity index (χ1) is 10.8. The average molecular weight is 297 g/mol. The van der Waals surface area contributed by atoms with Crippen molar-refractivity contribution >= 4 is 11.7 Å². The van der Waals surface area contributed by atoms with E-state index in [1.165, 1.54) is 25.6 Å². The minimum absolute atomic E-state index is 0.202. The summed E-state index contributed by atoms with van der Waals surface area (Å²) in [5.41, 5.74) is 1.22. The molecule has 6 heteroatoms. The molecule has 1 aliphatic heterocycles. The zero-order chi connectivity index (χ0) is 15.2. The number of pyridine rings is 1. The Hall–Kier alpha value is -2.50. The average Bonchev–Trinajstić information content (AvgIpc) is 2.61. The summed E-state index contributed by atoms with van der Waals surface area (Å²) in [5, 5.41) is 2.84. The molecule has 2 aromatic heterocycles. The third kappa shape index (κ3) is 3.58. The van der Waals surface area contributed by atoms with Gasteiger partial charge in [-0.15, -0.1) is 0 Å². The van der Waals surface area contributed by atoms with Crippen molar-refractivity contribution in [2.75, 3.05) is 18.0 Å². The number of amides is 1. The highest BCUT2D eigenvalue weighted by Crippen LogP contribution is 2.17. The fourth-order valence-corrected chi connectivity index (χ4v) is 2.53. The van der Waals surface area contributed by atoms with Crippen LogP contribution >= 0.6 is 0 Å². The van der Waals surface area contributed by atoms with Crippen LogP contribution in [0.3, 0.4) is 0 Å². The van der Waals surface area contributed by atoms with Gasteiger partial charge >= 0.3 is 0 Å². The van der Waals surface area contributed by atoms with E-state index in [0.717, 1.165) is 24.6 Å².